The highest BCUT2D eigenvalue weighted by Gasteiger charge is 2.48. The smallest absolute Gasteiger partial charge is 0.315 e. The first-order valence-electron chi connectivity index (χ1n) is 9.54. The van der Waals surface area contributed by atoms with E-state index >= 15 is 0 Å². The number of nitrogens with one attached hydrogen (secondary N) is 2. The standard InChI is InChI=1S/C21H29N3O3/c1-14(2)22-20(25)23-19-11-15(21(19,3)4)10-16-12-18(27-24-16)13-26-17-8-6-5-7-9-17/h5-9,12,14-15,19H,10-11,13H2,1-4H3,(H2,22,23,25). The van der Waals surface area contributed by atoms with Gasteiger partial charge in [0, 0.05) is 18.2 Å². The zero-order valence-electron chi connectivity index (χ0n) is 16.5. The molecule has 2 atom stereocenters. The zero-order chi connectivity index (χ0) is 19.4. The Morgan fingerprint density at radius 3 is 2.74 bits per heavy atom. The van der Waals surface area contributed by atoms with Gasteiger partial charge in [-0.1, -0.05) is 37.2 Å². The molecular formula is C21H29N3O3. The van der Waals surface area contributed by atoms with Crippen LogP contribution in [0.1, 0.15) is 45.6 Å². The van der Waals surface area contributed by atoms with E-state index in [9.17, 15) is 4.79 Å². The molecule has 2 N–H and O–H groups in total. The molecule has 1 saturated carbocycles. The van der Waals surface area contributed by atoms with Crippen molar-refractivity contribution < 1.29 is 14.1 Å². The third-order valence-corrected chi connectivity index (χ3v) is 5.38. The Morgan fingerprint density at radius 2 is 2.07 bits per heavy atom. The van der Waals surface area contributed by atoms with Gasteiger partial charge >= 0.3 is 6.03 Å². The first-order valence-corrected chi connectivity index (χ1v) is 9.54. The summed E-state index contributed by atoms with van der Waals surface area (Å²) in [5.41, 5.74) is 0.957. The van der Waals surface area contributed by atoms with Gasteiger partial charge in [-0.15, -0.1) is 0 Å². The second-order valence-electron chi connectivity index (χ2n) is 8.17. The maximum atomic E-state index is 11.9. The Labute approximate surface area is 160 Å². The van der Waals surface area contributed by atoms with Crippen molar-refractivity contribution in [1.82, 2.24) is 15.8 Å². The van der Waals surface area contributed by atoms with Crippen LogP contribution in [0.5, 0.6) is 5.75 Å². The van der Waals surface area contributed by atoms with Gasteiger partial charge in [-0.2, -0.15) is 0 Å². The second-order valence-corrected chi connectivity index (χ2v) is 8.17. The summed E-state index contributed by atoms with van der Waals surface area (Å²) in [5.74, 6) is 1.98. The topological polar surface area (TPSA) is 76.4 Å². The van der Waals surface area contributed by atoms with E-state index in [1.54, 1.807) is 0 Å². The van der Waals surface area contributed by atoms with Crippen molar-refractivity contribution in [3.05, 3.63) is 47.9 Å². The predicted molar refractivity (Wildman–Crippen MR) is 103 cm³/mol. The van der Waals surface area contributed by atoms with Gasteiger partial charge in [0.25, 0.3) is 0 Å². The van der Waals surface area contributed by atoms with Crippen LogP contribution in [0.25, 0.3) is 0 Å². The number of ether oxygens (including phenoxy) is 1. The lowest BCUT2D eigenvalue weighted by Crippen LogP contribution is -2.60. The number of hydrogen-bond acceptors (Lipinski definition) is 4. The summed E-state index contributed by atoms with van der Waals surface area (Å²) >= 11 is 0. The minimum Gasteiger partial charge on any atom is -0.486 e. The van der Waals surface area contributed by atoms with Gasteiger partial charge in [-0.25, -0.2) is 4.79 Å². The number of nitrogens with zero attached hydrogens (tertiary/aromatic N) is 1. The highest BCUT2D eigenvalue weighted by atomic mass is 16.5. The van der Waals surface area contributed by atoms with E-state index in [0.29, 0.717) is 12.5 Å². The van der Waals surface area contributed by atoms with Gasteiger partial charge in [0.15, 0.2) is 5.76 Å². The van der Waals surface area contributed by atoms with Crippen molar-refractivity contribution >= 4 is 6.03 Å². The van der Waals surface area contributed by atoms with Gasteiger partial charge in [-0.3, -0.25) is 0 Å². The molecule has 1 aliphatic rings. The van der Waals surface area contributed by atoms with Crippen molar-refractivity contribution in [3.8, 4) is 5.75 Å². The van der Waals surface area contributed by atoms with Crippen LogP contribution in [0.15, 0.2) is 40.9 Å². The van der Waals surface area contributed by atoms with Gasteiger partial charge in [-0.05, 0) is 50.2 Å². The van der Waals surface area contributed by atoms with Crippen LogP contribution >= 0.6 is 0 Å². The Kier molecular flexibility index (Phi) is 5.73. The largest absolute Gasteiger partial charge is 0.486 e. The van der Waals surface area contributed by atoms with Gasteiger partial charge < -0.3 is 19.9 Å². The molecule has 1 aliphatic carbocycles. The molecule has 1 fully saturated rings. The molecule has 146 valence electrons. The number of hydrogen-bond donors (Lipinski definition) is 2. The van der Waals surface area contributed by atoms with E-state index in [1.165, 1.54) is 0 Å². The molecule has 0 saturated heterocycles. The monoisotopic (exact) mass is 371 g/mol. The van der Waals surface area contributed by atoms with Crippen LogP contribution in [0.2, 0.25) is 0 Å². The number of carbonyl (C=O) groups excluding carboxylic acids is 1. The summed E-state index contributed by atoms with van der Waals surface area (Å²) in [4.78, 5) is 11.9. The lowest BCUT2D eigenvalue weighted by atomic mass is 9.57. The summed E-state index contributed by atoms with van der Waals surface area (Å²) in [6.45, 7) is 8.67. The van der Waals surface area contributed by atoms with E-state index in [4.69, 9.17) is 9.26 Å². The molecule has 2 amide bonds. The number of rotatable bonds is 7. The van der Waals surface area contributed by atoms with E-state index in [-0.39, 0.29) is 23.5 Å². The third kappa shape index (κ3) is 4.81. The molecule has 0 aliphatic heterocycles. The van der Waals surface area contributed by atoms with E-state index in [1.807, 2.05) is 50.2 Å². The van der Waals surface area contributed by atoms with Crippen molar-refractivity contribution in [2.75, 3.05) is 0 Å². The van der Waals surface area contributed by atoms with Crippen LogP contribution < -0.4 is 15.4 Å². The van der Waals surface area contributed by atoms with Crippen LogP contribution in [-0.2, 0) is 13.0 Å². The normalized spacial score (nSPS) is 20.8. The Morgan fingerprint density at radius 1 is 1.33 bits per heavy atom. The van der Waals surface area contributed by atoms with E-state index in [2.05, 4.69) is 29.6 Å². The molecule has 1 heterocycles. The Bertz CT molecular complexity index is 755. The molecular weight excluding hydrogens is 342 g/mol. The third-order valence-electron chi connectivity index (χ3n) is 5.38. The minimum atomic E-state index is -0.0942. The maximum absolute atomic E-state index is 11.9. The molecule has 6 nitrogen and oxygen atoms in total. The van der Waals surface area contributed by atoms with Crippen LogP contribution in [0, 0.1) is 11.3 Å². The van der Waals surface area contributed by atoms with Crippen LogP contribution in [0.3, 0.4) is 0 Å². The molecule has 2 unspecified atom stereocenters. The fourth-order valence-electron chi connectivity index (χ4n) is 3.51. The number of para-hydroxylation sites is 1. The molecule has 1 aromatic carbocycles. The first-order chi connectivity index (χ1) is 12.8. The summed E-state index contributed by atoms with van der Waals surface area (Å²) in [5, 5.41) is 10.2. The van der Waals surface area contributed by atoms with Gasteiger partial charge in [0.05, 0.1) is 5.69 Å². The zero-order valence-corrected chi connectivity index (χ0v) is 16.5. The Hall–Kier alpha value is -2.50. The number of amides is 2. The van der Waals surface area contributed by atoms with E-state index in [0.717, 1.165) is 30.0 Å². The summed E-state index contributed by atoms with van der Waals surface area (Å²) in [6.07, 6.45) is 1.78. The van der Waals surface area contributed by atoms with Crippen LogP contribution in [-0.4, -0.2) is 23.3 Å². The van der Waals surface area contributed by atoms with Gasteiger partial charge in [0.1, 0.15) is 12.4 Å². The number of aromatic nitrogens is 1. The number of urea groups is 1. The fourth-order valence-corrected chi connectivity index (χ4v) is 3.51. The lowest BCUT2D eigenvalue weighted by Gasteiger charge is -2.52. The highest BCUT2D eigenvalue weighted by molar-refractivity contribution is 5.74. The summed E-state index contributed by atoms with van der Waals surface area (Å²) in [7, 11) is 0. The lowest BCUT2D eigenvalue weighted by molar-refractivity contribution is 0.0199. The second kappa shape index (κ2) is 8.03. The van der Waals surface area contributed by atoms with Crippen molar-refractivity contribution in [2.24, 2.45) is 11.3 Å². The van der Waals surface area contributed by atoms with Crippen molar-refractivity contribution in [1.29, 1.82) is 0 Å². The first kappa shape index (κ1) is 19.3. The average Bonchev–Trinajstić information content (AvgIpc) is 3.07. The van der Waals surface area contributed by atoms with Gasteiger partial charge in [0.2, 0.25) is 0 Å². The summed E-state index contributed by atoms with van der Waals surface area (Å²) < 4.78 is 11.1. The SMILES string of the molecule is CC(C)NC(=O)NC1CC(Cc2cc(COc3ccccc3)on2)C1(C)C. The number of carbonyl (C=O) groups is 1. The minimum absolute atomic E-state index is 0.0218. The fraction of sp³-hybridized carbons (Fsp3) is 0.524. The quantitative estimate of drug-likeness (QED) is 0.773. The molecule has 1 aromatic heterocycles. The van der Waals surface area contributed by atoms with Crippen LogP contribution in [0.4, 0.5) is 4.79 Å². The molecule has 0 radical (unpaired) electrons. The maximum Gasteiger partial charge on any atom is 0.315 e. The Balaban J connectivity index is 1.48. The molecule has 27 heavy (non-hydrogen) atoms. The number of benzene rings is 1. The molecule has 0 spiro atoms. The highest BCUT2D eigenvalue weighted by Crippen LogP contribution is 2.47. The van der Waals surface area contributed by atoms with Crippen molar-refractivity contribution in [3.63, 3.8) is 0 Å². The van der Waals surface area contributed by atoms with E-state index < -0.39 is 0 Å². The average molecular weight is 371 g/mol. The molecule has 6 heteroatoms. The summed E-state index contributed by atoms with van der Waals surface area (Å²) in [6, 6.07) is 11.8. The molecule has 3 rings (SSSR count). The molecule has 0 bridgehead atoms. The molecule has 2 aromatic rings. The van der Waals surface area contributed by atoms with Crippen molar-refractivity contribution in [2.45, 2.75) is 59.2 Å². The predicted octanol–water partition coefficient (Wildman–Crippen LogP) is 3.92.